The van der Waals surface area contributed by atoms with Crippen molar-refractivity contribution in [2.24, 2.45) is 5.14 Å². The predicted octanol–water partition coefficient (Wildman–Crippen LogP) is -0.815. The molecule has 7 nitrogen and oxygen atoms in total. The Labute approximate surface area is 122 Å². The molecule has 0 aromatic carbocycles. The third-order valence-electron chi connectivity index (χ3n) is 3.10. The third kappa shape index (κ3) is 4.53. The lowest BCUT2D eigenvalue weighted by atomic mass is 10.3. The second-order valence-electron chi connectivity index (χ2n) is 4.58. The highest BCUT2D eigenvalue weighted by Gasteiger charge is 2.24. The van der Waals surface area contributed by atoms with E-state index in [0.29, 0.717) is 32.7 Å². The lowest BCUT2D eigenvalue weighted by Gasteiger charge is -2.32. The monoisotopic (exact) mass is 318 g/mol. The molecule has 1 aliphatic rings. The van der Waals surface area contributed by atoms with Crippen molar-refractivity contribution in [3.63, 3.8) is 0 Å². The number of nitrogens with two attached hydrogens (primary N) is 1. The van der Waals surface area contributed by atoms with Crippen molar-refractivity contribution in [1.82, 2.24) is 14.5 Å². The average Bonchev–Trinajstić information content (AvgIpc) is 2.89. The first-order valence-electron chi connectivity index (χ1n) is 6.24. The number of carbonyl (C=O) groups excluding carboxylic acids is 1. The van der Waals surface area contributed by atoms with Crippen molar-refractivity contribution in [2.45, 2.75) is 6.54 Å². The molecule has 2 heterocycles. The summed E-state index contributed by atoms with van der Waals surface area (Å²) >= 11 is 1.60. The van der Waals surface area contributed by atoms with Gasteiger partial charge in [0.25, 0.3) is 10.2 Å². The molecule has 1 amide bonds. The lowest BCUT2D eigenvalue weighted by molar-refractivity contribution is -0.122. The Bertz CT molecular complexity index is 536. The first-order valence-corrected chi connectivity index (χ1v) is 8.63. The van der Waals surface area contributed by atoms with Gasteiger partial charge in [0.05, 0.1) is 13.1 Å². The first kappa shape index (κ1) is 15.4. The first-order chi connectivity index (χ1) is 9.45. The van der Waals surface area contributed by atoms with Gasteiger partial charge in [-0.25, -0.2) is 5.14 Å². The second kappa shape index (κ2) is 6.64. The second-order valence-corrected chi connectivity index (χ2v) is 7.15. The number of rotatable bonds is 5. The molecule has 1 aromatic rings. The highest BCUT2D eigenvalue weighted by Crippen LogP contribution is 2.07. The zero-order valence-corrected chi connectivity index (χ0v) is 12.6. The fourth-order valence-electron chi connectivity index (χ4n) is 2.00. The lowest BCUT2D eigenvalue weighted by Crippen LogP contribution is -2.52. The smallest absolute Gasteiger partial charge is 0.276 e. The summed E-state index contributed by atoms with van der Waals surface area (Å²) in [5.41, 5.74) is 0. The zero-order valence-electron chi connectivity index (χ0n) is 11.0. The molecule has 1 aromatic heterocycles. The van der Waals surface area contributed by atoms with E-state index in [-0.39, 0.29) is 12.5 Å². The van der Waals surface area contributed by atoms with Gasteiger partial charge in [0.1, 0.15) is 0 Å². The number of nitrogens with zero attached hydrogens (tertiary/aromatic N) is 2. The van der Waals surface area contributed by atoms with Crippen molar-refractivity contribution in [1.29, 1.82) is 0 Å². The molecule has 0 saturated carbocycles. The molecule has 0 atom stereocenters. The number of hydrogen-bond acceptors (Lipinski definition) is 5. The fraction of sp³-hybridized carbons (Fsp3) is 0.545. The number of nitrogens with one attached hydrogen (secondary N) is 1. The highest BCUT2D eigenvalue weighted by atomic mass is 32.2. The van der Waals surface area contributed by atoms with Gasteiger partial charge in [0.15, 0.2) is 0 Å². The molecular weight excluding hydrogens is 300 g/mol. The standard InChI is InChI=1S/C11H18N4O3S2/c12-20(17,18)15-5-3-14(4-6-15)9-11(16)13-8-10-2-1-7-19-10/h1-2,7H,3-6,8-9H2,(H,13,16)(H2,12,17,18). The van der Waals surface area contributed by atoms with Gasteiger partial charge in [-0.2, -0.15) is 12.7 Å². The molecule has 1 aliphatic heterocycles. The van der Waals surface area contributed by atoms with Crippen LogP contribution in [0.15, 0.2) is 17.5 Å². The van der Waals surface area contributed by atoms with Crippen molar-refractivity contribution in [3.8, 4) is 0 Å². The van der Waals surface area contributed by atoms with Gasteiger partial charge in [-0.05, 0) is 11.4 Å². The Hall–Kier alpha value is -1.000. The molecule has 0 bridgehead atoms. The fourth-order valence-corrected chi connectivity index (χ4v) is 3.32. The van der Waals surface area contributed by atoms with E-state index < -0.39 is 10.2 Å². The summed E-state index contributed by atoms with van der Waals surface area (Å²) in [4.78, 5) is 14.8. The topological polar surface area (TPSA) is 95.7 Å². The van der Waals surface area contributed by atoms with Gasteiger partial charge in [0, 0.05) is 31.1 Å². The van der Waals surface area contributed by atoms with E-state index in [2.05, 4.69) is 5.32 Å². The Kier molecular flexibility index (Phi) is 5.11. The molecule has 3 N–H and O–H groups in total. The molecular formula is C11H18N4O3S2. The summed E-state index contributed by atoms with van der Waals surface area (Å²) in [5.74, 6) is -0.0533. The van der Waals surface area contributed by atoms with Crippen molar-refractivity contribution in [2.75, 3.05) is 32.7 Å². The number of hydrogen-bond donors (Lipinski definition) is 2. The van der Waals surface area contributed by atoms with Crippen LogP contribution in [-0.4, -0.2) is 56.3 Å². The molecule has 1 saturated heterocycles. The number of amides is 1. The summed E-state index contributed by atoms with van der Waals surface area (Å²) in [6.07, 6.45) is 0. The van der Waals surface area contributed by atoms with Gasteiger partial charge < -0.3 is 5.32 Å². The van der Waals surface area contributed by atoms with E-state index in [1.165, 1.54) is 4.31 Å². The average molecular weight is 318 g/mol. The van der Waals surface area contributed by atoms with Gasteiger partial charge in [-0.3, -0.25) is 9.69 Å². The van der Waals surface area contributed by atoms with Crippen LogP contribution < -0.4 is 10.5 Å². The minimum Gasteiger partial charge on any atom is -0.350 e. The van der Waals surface area contributed by atoms with Crippen LogP contribution in [0, 0.1) is 0 Å². The summed E-state index contributed by atoms with van der Waals surface area (Å²) in [7, 11) is -3.61. The Balaban J connectivity index is 1.71. The van der Waals surface area contributed by atoms with E-state index in [9.17, 15) is 13.2 Å². The molecule has 112 valence electrons. The van der Waals surface area contributed by atoms with Crippen LogP contribution in [0.4, 0.5) is 0 Å². The molecule has 0 radical (unpaired) electrons. The SMILES string of the molecule is NS(=O)(=O)N1CCN(CC(=O)NCc2cccs2)CC1. The number of carbonyl (C=O) groups is 1. The molecule has 20 heavy (non-hydrogen) atoms. The summed E-state index contributed by atoms with van der Waals surface area (Å²) in [5, 5.41) is 9.87. The summed E-state index contributed by atoms with van der Waals surface area (Å²) in [6, 6.07) is 3.91. The van der Waals surface area contributed by atoms with E-state index in [1.54, 1.807) is 11.3 Å². The van der Waals surface area contributed by atoms with E-state index in [4.69, 9.17) is 5.14 Å². The maximum absolute atomic E-state index is 11.8. The predicted molar refractivity (Wildman–Crippen MR) is 77.3 cm³/mol. The Morgan fingerprint density at radius 2 is 2.05 bits per heavy atom. The van der Waals surface area contributed by atoms with Crippen LogP contribution in [0.5, 0.6) is 0 Å². The van der Waals surface area contributed by atoms with Crippen LogP contribution in [0.3, 0.4) is 0 Å². The zero-order chi connectivity index (χ0) is 14.6. The van der Waals surface area contributed by atoms with Gasteiger partial charge in [-0.1, -0.05) is 6.07 Å². The molecule has 9 heteroatoms. The van der Waals surface area contributed by atoms with Gasteiger partial charge >= 0.3 is 0 Å². The quantitative estimate of drug-likeness (QED) is 0.742. The van der Waals surface area contributed by atoms with Crippen LogP contribution in [0.25, 0.3) is 0 Å². The number of thiophene rings is 1. The molecule has 2 rings (SSSR count). The highest BCUT2D eigenvalue weighted by molar-refractivity contribution is 7.86. The van der Waals surface area contributed by atoms with Crippen LogP contribution in [0.1, 0.15) is 4.88 Å². The van der Waals surface area contributed by atoms with Crippen LogP contribution in [-0.2, 0) is 21.5 Å². The minimum atomic E-state index is -3.61. The largest absolute Gasteiger partial charge is 0.350 e. The number of piperazine rings is 1. The van der Waals surface area contributed by atoms with Crippen LogP contribution >= 0.6 is 11.3 Å². The van der Waals surface area contributed by atoms with E-state index in [0.717, 1.165) is 4.88 Å². The van der Waals surface area contributed by atoms with Crippen LogP contribution in [0.2, 0.25) is 0 Å². The summed E-state index contributed by atoms with van der Waals surface area (Å²) in [6.45, 7) is 2.51. The molecule has 0 spiro atoms. The van der Waals surface area contributed by atoms with Crippen molar-refractivity contribution in [3.05, 3.63) is 22.4 Å². The van der Waals surface area contributed by atoms with Crippen molar-refractivity contribution < 1.29 is 13.2 Å². The van der Waals surface area contributed by atoms with Crippen molar-refractivity contribution >= 4 is 27.5 Å². The molecule has 0 unspecified atom stereocenters. The third-order valence-corrected chi connectivity index (χ3v) is 5.06. The normalized spacial score (nSPS) is 18.1. The Morgan fingerprint density at radius 1 is 1.35 bits per heavy atom. The van der Waals surface area contributed by atoms with E-state index in [1.807, 2.05) is 22.4 Å². The van der Waals surface area contributed by atoms with Gasteiger partial charge in [-0.15, -0.1) is 11.3 Å². The van der Waals surface area contributed by atoms with E-state index >= 15 is 0 Å². The van der Waals surface area contributed by atoms with Gasteiger partial charge in [0.2, 0.25) is 5.91 Å². The maximum atomic E-state index is 11.8. The maximum Gasteiger partial charge on any atom is 0.276 e. The Morgan fingerprint density at radius 3 is 2.60 bits per heavy atom. The molecule has 1 fully saturated rings. The summed E-state index contributed by atoms with van der Waals surface area (Å²) < 4.78 is 23.5. The molecule has 0 aliphatic carbocycles. The minimum absolute atomic E-state index is 0.0533.